The van der Waals surface area contributed by atoms with Gasteiger partial charge >= 0.3 is 5.97 Å². The summed E-state index contributed by atoms with van der Waals surface area (Å²) in [6.45, 7) is 3.57. The highest BCUT2D eigenvalue weighted by Gasteiger charge is 2.14. The minimum atomic E-state index is -0.214. The smallest absolute Gasteiger partial charge is 0.322 e. The predicted octanol–water partition coefficient (Wildman–Crippen LogP) is 0.714. The van der Waals surface area contributed by atoms with E-state index in [0.717, 1.165) is 12.8 Å². The zero-order valence-corrected chi connectivity index (χ0v) is 7.09. The van der Waals surface area contributed by atoms with E-state index in [0.29, 0.717) is 0 Å². The molecular formula is C8H15NO2. The van der Waals surface area contributed by atoms with E-state index >= 15 is 0 Å². The first kappa shape index (κ1) is 10.2. The normalized spacial score (nSPS) is 12.2. The lowest BCUT2D eigenvalue weighted by molar-refractivity contribution is -0.143. The molecule has 0 spiro atoms. The molecule has 0 amide bonds. The molecule has 3 nitrogen and oxygen atoms in total. The van der Waals surface area contributed by atoms with Gasteiger partial charge in [-0.25, -0.2) is 0 Å². The highest BCUT2D eigenvalue weighted by atomic mass is 16.5. The number of nitrogens with one attached hydrogen (secondary N) is 1. The molecule has 0 aliphatic heterocycles. The molecule has 0 fully saturated rings. The third kappa shape index (κ3) is 3.78. The van der Waals surface area contributed by atoms with Crippen LogP contribution in [0.2, 0.25) is 0 Å². The van der Waals surface area contributed by atoms with E-state index in [1.165, 1.54) is 7.11 Å². The monoisotopic (exact) mass is 157 g/mol. The fourth-order valence-corrected chi connectivity index (χ4v) is 0.807. The maximum absolute atomic E-state index is 10.9. The molecule has 0 aliphatic rings. The Bertz CT molecular complexity index is 134. The van der Waals surface area contributed by atoms with Crippen LogP contribution in [-0.2, 0) is 9.53 Å². The number of rotatable bonds is 5. The van der Waals surface area contributed by atoms with Crippen LogP contribution >= 0.6 is 0 Å². The van der Waals surface area contributed by atoms with Crippen molar-refractivity contribution in [2.75, 3.05) is 14.2 Å². The Morgan fingerprint density at radius 1 is 1.82 bits per heavy atom. The number of methoxy groups -OCH3 is 1. The number of ether oxygens (including phenoxy) is 1. The molecule has 64 valence electrons. The van der Waals surface area contributed by atoms with Gasteiger partial charge in [0.25, 0.3) is 0 Å². The molecule has 0 radical (unpaired) electrons. The predicted molar refractivity (Wildman–Crippen MR) is 44.3 cm³/mol. The van der Waals surface area contributed by atoms with Gasteiger partial charge in [-0.1, -0.05) is 6.08 Å². The van der Waals surface area contributed by atoms with Crippen LogP contribution in [0.1, 0.15) is 12.8 Å². The van der Waals surface area contributed by atoms with Gasteiger partial charge in [0.05, 0.1) is 7.11 Å². The van der Waals surface area contributed by atoms with Crippen molar-refractivity contribution in [2.24, 2.45) is 0 Å². The van der Waals surface area contributed by atoms with Crippen LogP contribution in [0.4, 0.5) is 0 Å². The second-order valence-electron chi connectivity index (χ2n) is 2.23. The van der Waals surface area contributed by atoms with E-state index in [2.05, 4.69) is 16.6 Å². The summed E-state index contributed by atoms with van der Waals surface area (Å²) >= 11 is 0. The zero-order chi connectivity index (χ0) is 8.69. The Morgan fingerprint density at radius 2 is 2.45 bits per heavy atom. The average Bonchev–Trinajstić information content (AvgIpc) is 2.05. The van der Waals surface area contributed by atoms with E-state index < -0.39 is 0 Å². The molecule has 1 atom stereocenters. The van der Waals surface area contributed by atoms with Crippen molar-refractivity contribution < 1.29 is 9.53 Å². The van der Waals surface area contributed by atoms with Crippen LogP contribution < -0.4 is 5.32 Å². The van der Waals surface area contributed by atoms with Crippen LogP contribution in [0, 0.1) is 0 Å². The summed E-state index contributed by atoms with van der Waals surface area (Å²) in [6.07, 6.45) is 3.35. The average molecular weight is 157 g/mol. The molecule has 0 aliphatic carbocycles. The van der Waals surface area contributed by atoms with Gasteiger partial charge in [-0.2, -0.15) is 0 Å². The Hall–Kier alpha value is -0.830. The molecule has 0 saturated carbocycles. The fraction of sp³-hybridized carbons (Fsp3) is 0.625. The number of carbonyl (C=O) groups is 1. The molecule has 0 aromatic heterocycles. The summed E-state index contributed by atoms with van der Waals surface area (Å²) < 4.78 is 4.56. The van der Waals surface area contributed by atoms with E-state index in [9.17, 15) is 4.79 Å². The summed E-state index contributed by atoms with van der Waals surface area (Å²) in [6, 6.07) is -0.196. The van der Waals surface area contributed by atoms with Gasteiger partial charge < -0.3 is 10.1 Å². The van der Waals surface area contributed by atoms with Gasteiger partial charge in [0.1, 0.15) is 6.04 Å². The lowest BCUT2D eigenvalue weighted by Crippen LogP contribution is -2.34. The summed E-state index contributed by atoms with van der Waals surface area (Å²) in [5, 5.41) is 2.87. The lowest BCUT2D eigenvalue weighted by Gasteiger charge is -2.11. The molecular weight excluding hydrogens is 142 g/mol. The standard InChI is InChI=1S/C8H15NO2/c1-4-5-6-7(9-2)8(10)11-3/h4,7,9H,1,5-6H2,2-3H3. The molecule has 3 heteroatoms. The molecule has 0 saturated heterocycles. The second kappa shape index (κ2) is 5.92. The topological polar surface area (TPSA) is 38.3 Å². The summed E-state index contributed by atoms with van der Waals surface area (Å²) in [4.78, 5) is 10.9. The third-order valence-electron chi connectivity index (χ3n) is 1.49. The summed E-state index contributed by atoms with van der Waals surface area (Å²) in [5.74, 6) is -0.214. The molecule has 1 N–H and O–H groups in total. The molecule has 1 unspecified atom stereocenters. The number of allylic oxidation sites excluding steroid dienone is 1. The zero-order valence-electron chi connectivity index (χ0n) is 7.09. The van der Waals surface area contributed by atoms with Crippen LogP contribution in [0.25, 0.3) is 0 Å². The first-order chi connectivity index (χ1) is 5.26. The first-order valence-corrected chi connectivity index (χ1v) is 3.62. The Labute approximate surface area is 67.4 Å². The molecule has 0 bridgehead atoms. The van der Waals surface area contributed by atoms with Gasteiger partial charge in [-0.15, -0.1) is 6.58 Å². The van der Waals surface area contributed by atoms with Gasteiger partial charge in [-0.05, 0) is 19.9 Å². The van der Waals surface area contributed by atoms with Crippen LogP contribution in [0.15, 0.2) is 12.7 Å². The van der Waals surface area contributed by atoms with Crippen molar-refractivity contribution in [1.29, 1.82) is 0 Å². The van der Waals surface area contributed by atoms with Crippen LogP contribution in [0.3, 0.4) is 0 Å². The van der Waals surface area contributed by atoms with E-state index in [-0.39, 0.29) is 12.0 Å². The lowest BCUT2D eigenvalue weighted by atomic mass is 10.1. The van der Waals surface area contributed by atoms with Gasteiger partial charge in [-0.3, -0.25) is 4.79 Å². The van der Waals surface area contributed by atoms with Crippen LogP contribution in [-0.4, -0.2) is 26.2 Å². The van der Waals surface area contributed by atoms with Crippen LogP contribution in [0.5, 0.6) is 0 Å². The maximum Gasteiger partial charge on any atom is 0.322 e. The van der Waals surface area contributed by atoms with Crippen molar-refractivity contribution in [3.05, 3.63) is 12.7 Å². The van der Waals surface area contributed by atoms with E-state index in [1.807, 2.05) is 0 Å². The summed E-state index contributed by atoms with van der Waals surface area (Å²) in [7, 11) is 3.13. The summed E-state index contributed by atoms with van der Waals surface area (Å²) in [5.41, 5.74) is 0. The van der Waals surface area contributed by atoms with Gasteiger partial charge in [0, 0.05) is 0 Å². The van der Waals surface area contributed by atoms with Gasteiger partial charge in [0.2, 0.25) is 0 Å². The third-order valence-corrected chi connectivity index (χ3v) is 1.49. The molecule has 0 aromatic rings. The van der Waals surface area contributed by atoms with Gasteiger partial charge in [0.15, 0.2) is 0 Å². The van der Waals surface area contributed by atoms with Crippen molar-refractivity contribution in [2.45, 2.75) is 18.9 Å². The number of carbonyl (C=O) groups excluding carboxylic acids is 1. The van der Waals surface area contributed by atoms with E-state index in [1.54, 1.807) is 13.1 Å². The van der Waals surface area contributed by atoms with Crippen molar-refractivity contribution >= 4 is 5.97 Å². The maximum atomic E-state index is 10.9. The van der Waals surface area contributed by atoms with Crippen molar-refractivity contribution in [3.8, 4) is 0 Å². The largest absolute Gasteiger partial charge is 0.468 e. The Kier molecular flexibility index (Phi) is 5.47. The molecule has 0 aromatic carbocycles. The SMILES string of the molecule is C=CCCC(NC)C(=O)OC. The molecule has 0 rings (SSSR count). The molecule has 0 heterocycles. The number of hydrogen-bond donors (Lipinski definition) is 1. The van der Waals surface area contributed by atoms with Crippen molar-refractivity contribution in [1.82, 2.24) is 5.32 Å². The van der Waals surface area contributed by atoms with E-state index in [4.69, 9.17) is 0 Å². The Morgan fingerprint density at radius 3 is 2.82 bits per heavy atom. The highest BCUT2D eigenvalue weighted by molar-refractivity contribution is 5.75. The Balaban J connectivity index is 3.74. The minimum absolute atomic E-state index is 0.196. The first-order valence-electron chi connectivity index (χ1n) is 3.62. The number of hydrogen-bond acceptors (Lipinski definition) is 3. The molecule has 11 heavy (non-hydrogen) atoms. The number of esters is 1. The number of likely N-dealkylation sites (N-methyl/N-ethyl adjacent to an activating group) is 1. The minimum Gasteiger partial charge on any atom is -0.468 e. The highest BCUT2D eigenvalue weighted by Crippen LogP contribution is 1.98. The quantitative estimate of drug-likeness (QED) is 0.472. The fourth-order valence-electron chi connectivity index (χ4n) is 0.807. The second-order valence-corrected chi connectivity index (χ2v) is 2.23. The van der Waals surface area contributed by atoms with Crippen molar-refractivity contribution in [3.63, 3.8) is 0 Å².